The van der Waals surface area contributed by atoms with Gasteiger partial charge in [-0.1, -0.05) is 28.1 Å². The molecule has 0 unspecified atom stereocenters. The van der Waals surface area contributed by atoms with Gasteiger partial charge < -0.3 is 4.57 Å². The maximum Gasteiger partial charge on any atom is 0.290 e. The molecule has 3 aromatic rings. The molecule has 5 nitrogen and oxygen atoms in total. The molecule has 124 valence electrons. The minimum Gasteiger partial charge on any atom is -0.341 e. The third-order valence-corrected chi connectivity index (χ3v) is 5.34. The molecule has 0 saturated carbocycles. The Morgan fingerprint density at radius 3 is 2.80 bits per heavy atom. The standard InChI is InChI=1S/C18H12BrN3O2S/c19-13-5-3-6-14-16(13)11(8-15-17(23)21-18(24)25-15)9-22(14)10-12-4-1-2-7-20-12/h1-9H,10H2,(H,21,23,24)/b15-8-. The van der Waals surface area contributed by atoms with E-state index in [2.05, 4.69) is 30.8 Å². The molecule has 3 heterocycles. The van der Waals surface area contributed by atoms with Crippen molar-refractivity contribution in [1.82, 2.24) is 14.9 Å². The van der Waals surface area contributed by atoms with Gasteiger partial charge in [0.2, 0.25) is 0 Å². The van der Waals surface area contributed by atoms with E-state index in [4.69, 9.17) is 0 Å². The van der Waals surface area contributed by atoms with Gasteiger partial charge in [-0.3, -0.25) is 19.9 Å². The first-order valence-electron chi connectivity index (χ1n) is 7.54. The lowest BCUT2D eigenvalue weighted by Gasteiger charge is -2.04. The highest BCUT2D eigenvalue weighted by Crippen LogP contribution is 2.33. The molecule has 25 heavy (non-hydrogen) atoms. The number of pyridine rings is 1. The number of carbonyl (C=O) groups is 2. The summed E-state index contributed by atoms with van der Waals surface area (Å²) >= 11 is 4.51. The molecule has 0 atom stereocenters. The third kappa shape index (κ3) is 3.12. The molecule has 1 aliphatic heterocycles. The Morgan fingerprint density at radius 2 is 2.08 bits per heavy atom. The van der Waals surface area contributed by atoms with Crippen molar-refractivity contribution in [3.8, 4) is 0 Å². The molecule has 0 bridgehead atoms. The summed E-state index contributed by atoms with van der Waals surface area (Å²) < 4.78 is 3.03. The predicted molar refractivity (Wildman–Crippen MR) is 102 cm³/mol. The first kappa shape index (κ1) is 16.1. The normalized spacial score (nSPS) is 16.0. The summed E-state index contributed by atoms with van der Waals surface area (Å²) in [6.07, 6.45) is 5.51. The molecular weight excluding hydrogens is 402 g/mol. The van der Waals surface area contributed by atoms with Crippen molar-refractivity contribution in [2.45, 2.75) is 6.54 Å². The van der Waals surface area contributed by atoms with E-state index in [9.17, 15) is 9.59 Å². The van der Waals surface area contributed by atoms with Gasteiger partial charge in [-0.05, 0) is 42.1 Å². The monoisotopic (exact) mass is 413 g/mol. The predicted octanol–water partition coefficient (Wildman–Crippen LogP) is 4.17. The number of hydrogen-bond acceptors (Lipinski definition) is 4. The van der Waals surface area contributed by atoms with Crippen LogP contribution in [0.5, 0.6) is 0 Å². The van der Waals surface area contributed by atoms with Crippen molar-refractivity contribution in [2.24, 2.45) is 0 Å². The van der Waals surface area contributed by atoms with Crippen molar-refractivity contribution < 1.29 is 9.59 Å². The Hall–Kier alpha value is -2.38. The zero-order valence-corrected chi connectivity index (χ0v) is 15.3. The van der Waals surface area contributed by atoms with Crippen molar-refractivity contribution >= 4 is 55.8 Å². The van der Waals surface area contributed by atoms with Crippen LogP contribution in [-0.2, 0) is 11.3 Å². The minimum absolute atomic E-state index is 0.340. The third-order valence-electron chi connectivity index (χ3n) is 3.87. The zero-order chi connectivity index (χ0) is 17.4. The maximum absolute atomic E-state index is 11.9. The number of rotatable bonds is 3. The van der Waals surface area contributed by atoms with E-state index in [0.717, 1.165) is 38.4 Å². The molecule has 0 radical (unpaired) electrons. The van der Waals surface area contributed by atoms with Crippen molar-refractivity contribution in [2.75, 3.05) is 0 Å². The Bertz CT molecular complexity index is 1030. The van der Waals surface area contributed by atoms with E-state index in [-0.39, 0.29) is 11.1 Å². The molecule has 1 aliphatic rings. The molecule has 1 fully saturated rings. The van der Waals surface area contributed by atoms with E-state index < -0.39 is 0 Å². The zero-order valence-electron chi connectivity index (χ0n) is 12.9. The molecule has 1 aromatic carbocycles. The first-order chi connectivity index (χ1) is 12.1. The van der Waals surface area contributed by atoms with Crippen LogP contribution in [-0.4, -0.2) is 20.7 Å². The second-order valence-corrected chi connectivity index (χ2v) is 7.39. The van der Waals surface area contributed by atoms with Gasteiger partial charge in [0.15, 0.2) is 0 Å². The van der Waals surface area contributed by atoms with Crippen LogP contribution in [0.25, 0.3) is 17.0 Å². The largest absolute Gasteiger partial charge is 0.341 e. The van der Waals surface area contributed by atoms with Crippen LogP contribution in [0, 0.1) is 0 Å². The molecule has 1 saturated heterocycles. The van der Waals surface area contributed by atoms with Crippen LogP contribution in [0.1, 0.15) is 11.3 Å². The minimum atomic E-state index is -0.354. The SMILES string of the molecule is O=C1NC(=O)/C(=C/c2cn(Cc3ccccn3)c3cccc(Br)c23)S1. The number of nitrogens with zero attached hydrogens (tertiary/aromatic N) is 2. The fraction of sp³-hybridized carbons (Fsp3) is 0.0556. The lowest BCUT2D eigenvalue weighted by Crippen LogP contribution is -2.17. The first-order valence-corrected chi connectivity index (χ1v) is 9.15. The van der Waals surface area contributed by atoms with E-state index in [0.29, 0.717) is 11.4 Å². The van der Waals surface area contributed by atoms with Gasteiger partial charge in [0.1, 0.15) is 0 Å². The summed E-state index contributed by atoms with van der Waals surface area (Å²) in [6.45, 7) is 0.620. The highest BCUT2D eigenvalue weighted by molar-refractivity contribution is 9.10. The number of fused-ring (bicyclic) bond motifs is 1. The smallest absolute Gasteiger partial charge is 0.290 e. The summed E-state index contributed by atoms with van der Waals surface area (Å²) in [5.41, 5.74) is 2.86. The van der Waals surface area contributed by atoms with Crippen LogP contribution < -0.4 is 5.32 Å². The lowest BCUT2D eigenvalue weighted by atomic mass is 10.1. The Balaban J connectivity index is 1.83. The number of imide groups is 1. The van der Waals surface area contributed by atoms with Crippen LogP contribution in [0.4, 0.5) is 4.79 Å². The fourth-order valence-electron chi connectivity index (χ4n) is 2.81. The molecule has 7 heteroatoms. The van der Waals surface area contributed by atoms with Gasteiger partial charge in [0, 0.05) is 27.8 Å². The van der Waals surface area contributed by atoms with Crippen LogP contribution in [0.2, 0.25) is 0 Å². The summed E-state index contributed by atoms with van der Waals surface area (Å²) in [7, 11) is 0. The Kier molecular flexibility index (Phi) is 4.19. The highest BCUT2D eigenvalue weighted by Gasteiger charge is 2.25. The van der Waals surface area contributed by atoms with E-state index >= 15 is 0 Å². The second kappa shape index (κ2) is 6.50. The summed E-state index contributed by atoms with van der Waals surface area (Å²) in [4.78, 5) is 28.0. The van der Waals surface area contributed by atoms with E-state index in [1.54, 1.807) is 12.3 Å². The van der Waals surface area contributed by atoms with Gasteiger partial charge >= 0.3 is 0 Å². The van der Waals surface area contributed by atoms with Crippen molar-refractivity contribution in [3.63, 3.8) is 0 Å². The van der Waals surface area contributed by atoms with Crippen molar-refractivity contribution in [1.29, 1.82) is 0 Å². The summed E-state index contributed by atoms with van der Waals surface area (Å²) in [5.74, 6) is -0.354. The van der Waals surface area contributed by atoms with Crippen LogP contribution >= 0.6 is 27.7 Å². The van der Waals surface area contributed by atoms with Crippen LogP contribution in [0.15, 0.2) is 58.2 Å². The Labute approximate surface area is 156 Å². The molecule has 0 spiro atoms. The van der Waals surface area contributed by atoms with E-state index in [1.807, 2.05) is 42.6 Å². The number of benzene rings is 1. The number of halogens is 1. The number of hydrogen-bond donors (Lipinski definition) is 1. The molecular formula is C18H12BrN3O2S. The maximum atomic E-state index is 11.9. The molecule has 2 amide bonds. The topological polar surface area (TPSA) is 64.0 Å². The van der Waals surface area contributed by atoms with Gasteiger partial charge in [-0.25, -0.2) is 0 Å². The number of nitrogens with one attached hydrogen (secondary N) is 1. The summed E-state index contributed by atoms with van der Waals surface area (Å²) in [5, 5.41) is 2.94. The average Bonchev–Trinajstić information content (AvgIpc) is 3.10. The molecule has 0 aliphatic carbocycles. The Morgan fingerprint density at radius 1 is 1.20 bits per heavy atom. The van der Waals surface area contributed by atoms with E-state index in [1.165, 1.54) is 0 Å². The van der Waals surface area contributed by atoms with Crippen molar-refractivity contribution in [3.05, 3.63) is 69.4 Å². The van der Waals surface area contributed by atoms with Gasteiger partial charge in [0.25, 0.3) is 11.1 Å². The number of aromatic nitrogens is 2. The second-order valence-electron chi connectivity index (χ2n) is 5.52. The number of amides is 2. The lowest BCUT2D eigenvalue weighted by molar-refractivity contribution is -0.115. The fourth-order valence-corrected chi connectivity index (χ4v) is 4.07. The average molecular weight is 414 g/mol. The molecule has 2 aromatic heterocycles. The quantitative estimate of drug-likeness (QED) is 0.654. The molecule has 1 N–H and O–H groups in total. The summed E-state index contributed by atoms with van der Waals surface area (Å²) in [6, 6.07) is 11.8. The van der Waals surface area contributed by atoms with Gasteiger partial charge in [0.05, 0.1) is 22.7 Å². The number of thioether (sulfide) groups is 1. The van der Waals surface area contributed by atoms with Crippen LogP contribution in [0.3, 0.4) is 0 Å². The number of carbonyl (C=O) groups excluding carboxylic acids is 2. The van der Waals surface area contributed by atoms with Gasteiger partial charge in [-0.2, -0.15) is 0 Å². The molecule has 4 rings (SSSR count). The van der Waals surface area contributed by atoms with Gasteiger partial charge in [-0.15, -0.1) is 0 Å². The highest BCUT2D eigenvalue weighted by atomic mass is 79.9.